The maximum atomic E-state index is 9.06. The molecule has 0 bridgehead atoms. The summed E-state index contributed by atoms with van der Waals surface area (Å²) < 4.78 is 5.22. The molecule has 18 heavy (non-hydrogen) atoms. The zero-order valence-corrected chi connectivity index (χ0v) is 11.8. The highest BCUT2D eigenvalue weighted by Crippen LogP contribution is 2.48. The molecule has 1 atom stereocenters. The van der Waals surface area contributed by atoms with E-state index in [9.17, 15) is 0 Å². The molecule has 2 aliphatic rings. The zero-order valence-electron chi connectivity index (χ0n) is 11.8. The van der Waals surface area contributed by atoms with Gasteiger partial charge in [0.15, 0.2) is 0 Å². The first-order chi connectivity index (χ1) is 8.78. The summed E-state index contributed by atoms with van der Waals surface area (Å²) in [6.45, 7) is 0.958. The molecule has 0 aliphatic heterocycles. The number of hydrogen-bond acceptors (Lipinski definition) is 3. The molecule has 2 rings (SSSR count). The van der Waals surface area contributed by atoms with Crippen molar-refractivity contribution in [2.24, 2.45) is 5.41 Å². The Hall–Kier alpha value is -0.120. The van der Waals surface area contributed by atoms with E-state index in [1.165, 1.54) is 51.4 Å². The van der Waals surface area contributed by atoms with Crippen LogP contribution in [0.3, 0.4) is 0 Å². The molecular weight excluding hydrogens is 226 g/mol. The highest BCUT2D eigenvalue weighted by molar-refractivity contribution is 4.92. The van der Waals surface area contributed by atoms with Crippen molar-refractivity contribution in [2.45, 2.75) is 69.9 Å². The van der Waals surface area contributed by atoms with Crippen molar-refractivity contribution in [3.05, 3.63) is 0 Å². The maximum Gasteiger partial charge on any atom is 0.0616 e. The van der Waals surface area contributed by atoms with Crippen LogP contribution in [-0.2, 0) is 4.74 Å². The van der Waals surface area contributed by atoms with Gasteiger partial charge in [-0.2, -0.15) is 0 Å². The van der Waals surface area contributed by atoms with Crippen molar-refractivity contribution in [1.82, 2.24) is 5.32 Å². The van der Waals surface area contributed by atoms with Crippen LogP contribution in [0.1, 0.15) is 57.8 Å². The summed E-state index contributed by atoms with van der Waals surface area (Å²) in [5, 5.41) is 12.7. The van der Waals surface area contributed by atoms with Crippen LogP contribution in [0.25, 0.3) is 0 Å². The second kappa shape index (κ2) is 6.88. The number of aliphatic hydroxyl groups excluding tert-OH is 1. The van der Waals surface area contributed by atoms with E-state index in [0.29, 0.717) is 24.1 Å². The third-order valence-corrected chi connectivity index (χ3v) is 5.03. The summed E-state index contributed by atoms with van der Waals surface area (Å²) in [6, 6.07) is 0.963. The zero-order chi connectivity index (χ0) is 12.8. The van der Waals surface area contributed by atoms with Crippen LogP contribution in [0, 0.1) is 5.41 Å². The number of rotatable bonds is 6. The molecule has 3 heteroatoms. The lowest BCUT2D eigenvalue weighted by Gasteiger charge is -2.38. The second-order valence-electron chi connectivity index (χ2n) is 6.31. The van der Waals surface area contributed by atoms with Gasteiger partial charge in [-0.25, -0.2) is 0 Å². The normalized spacial score (nSPS) is 25.7. The van der Waals surface area contributed by atoms with Crippen molar-refractivity contribution in [3.63, 3.8) is 0 Å². The lowest BCUT2D eigenvalue weighted by molar-refractivity contribution is 0.119. The minimum atomic E-state index is 0.248. The van der Waals surface area contributed by atoms with Gasteiger partial charge in [-0.05, 0) is 50.4 Å². The van der Waals surface area contributed by atoms with Gasteiger partial charge in [0.2, 0.25) is 0 Å². The molecule has 0 heterocycles. The van der Waals surface area contributed by atoms with E-state index in [4.69, 9.17) is 9.84 Å². The highest BCUT2D eigenvalue weighted by atomic mass is 16.5. The molecule has 0 aromatic heterocycles. The van der Waals surface area contributed by atoms with Crippen molar-refractivity contribution in [3.8, 4) is 0 Å². The Morgan fingerprint density at radius 1 is 1.22 bits per heavy atom. The Bertz CT molecular complexity index is 223. The molecule has 0 saturated heterocycles. The van der Waals surface area contributed by atoms with E-state index < -0.39 is 0 Å². The van der Waals surface area contributed by atoms with E-state index in [1.54, 1.807) is 7.11 Å². The molecule has 1 unspecified atom stereocenters. The van der Waals surface area contributed by atoms with Crippen LogP contribution < -0.4 is 5.32 Å². The molecule has 2 N–H and O–H groups in total. The summed E-state index contributed by atoms with van der Waals surface area (Å²) in [5.41, 5.74) is 0.714. The van der Waals surface area contributed by atoms with Gasteiger partial charge < -0.3 is 15.2 Å². The molecule has 2 saturated carbocycles. The van der Waals surface area contributed by atoms with Gasteiger partial charge in [-0.15, -0.1) is 0 Å². The van der Waals surface area contributed by atoms with Gasteiger partial charge >= 0.3 is 0 Å². The lowest BCUT2D eigenvalue weighted by Crippen LogP contribution is -2.44. The average molecular weight is 255 g/mol. The van der Waals surface area contributed by atoms with Gasteiger partial charge in [-0.3, -0.25) is 0 Å². The molecular formula is C15H29NO2. The Morgan fingerprint density at radius 2 is 1.89 bits per heavy atom. The molecule has 0 radical (unpaired) electrons. The first-order valence-electron chi connectivity index (χ1n) is 7.64. The molecule has 2 fully saturated rings. The van der Waals surface area contributed by atoms with Crippen molar-refractivity contribution in [1.29, 1.82) is 0 Å². The van der Waals surface area contributed by atoms with Crippen molar-refractivity contribution < 1.29 is 9.84 Å². The fourth-order valence-corrected chi connectivity index (χ4v) is 3.93. The third-order valence-electron chi connectivity index (χ3n) is 5.03. The van der Waals surface area contributed by atoms with Crippen LogP contribution >= 0.6 is 0 Å². The van der Waals surface area contributed by atoms with Gasteiger partial charge in [0.05, 0.1) is 6.61 Å². The standard InChI is InChI=1S/C15H29NO2/c1-18-12-14(6-11-17)16-13-4-9-15(10-5-13)7-2-3-8-15/h13-14,16-17H,2-12H2,1H3. The smallest absolute Gasteiger partial charge is 0.0616 e. The molecule has 0 amide bonds. The van der Waals surface area contributed by atoms with Crippen LogP contribution in [-0.4, -0.2) is 37.5 Å². The summed E-state index contributed by atoms with van der Waals surface area (Å²) in [5.74, 6) is 0. The molecule has 106 valence electrons. The van der Waals surface area contributed by atoms with Crippen LogP contribution in [0.5, 0.6) is 0 Å². The van der Waals surface area contributed by atoms with E-state index in [2.05, 4.69) is 5.32 Å². The summed E-state index contributed by atoms with van der Waals surface area (Å²) >= 11 is 0. The minimum absolute atomic E-state index is 0.248. The van der Waals surface area contributed by atoms with Gasteiger partial charge in [-0.1, -0.05) is 12.8 Å². The number of aliphatic hydroxyl groups is 1. The van der Waals surface area contributed by atoms with E-state index in [-0.39, 0.29) is 6.61 Å². The maximum absolute atomic E-state index is 9.06. The van der Waals surface area contributed by atoms with E-state index in [0.717, 1.165) is 6.42 Å². The van der Waals surface area contributed by atoms with Gasteiger partial charge in [0, 0.05) is 25.8 Å². The average Bonchev–Trinajstić information content (AvgIpc) is 2.82. The Morgan fingerprint density at radius 3 is 2.44 bits per heavy atom. The largest absolute Gasteiger partial charge is 0.396 e. The third kappa shape index (κ3) is 3.69. The van der Waals surface area contributed by atoms with E-state index >= 15 is 0 Å². The Kier molecular flexibility index (Phi) is 5.46. The number of nitrogens with one attached hydrogen (secondary N) is 1. The predicted octanol–water partition coefficient (Wildman–Crippen LogP) is 2.48. The summed E-state index contributed by atoms with van der Waals surface area (Å²) in [4.78, 5) is 0. The minimum Gasteiger partial charge on any atom is -0.396 e. The predicted molar refractivity (Wildman–Crippen MR) is 73.7 cm³/mol. The van der Waals surface area contributed by atoms with Crippen LogP contribution in [0.2, 0.25) is 0 Å². The summed E-state index contributed by atoms with van der Waals surface area (Å²) in [7, 11) is 1.74. The molecule has 0 aromatic carbocycles. The molecule has 2 aliphatic carbocycles. The van der Waals surface area contributed by atoms with Gasteiger partial charge in [0.1, 0.15) is 0 Å². The SMILES string of the molecule is COCC(CCO)NC1CCC2(CCCC2)CC1. The van der Waals surface area contributed by atoms with E-state index in [1.807, 2.05) is 0 Å². The fourth-order valence-electron chi connectivity index (χ4n) is 3.93. The Labute approximate surface area is 111 Å². The number of methoxy groups -OCH3 is 1. The van der Waals surface area contributed by atoms with Crippen LogP contribution in [0.4, 0.5) is 0 Å². The fraction of sp³-hybridized carbons (Fsp3) is 1.00. The first-order valence-corrected chi connectivity index (χ1v) is 7.64. The molecule has 1 spiro atoms. The Balaban J connectivity index is 1.74. The van der Waals surface area contributed by atoms with Crippen molar-refractivity contribution >= 4 is 0 Å². The highest BCUT2D eigenvalue weighted by Gasteiger charge is 2.37. The topological polar surface area (TPSA) is 41.5 Å². The van der Waals surface area contributed by atoms with Gasteiger partial charge in [0.25, 0.3) is 0 Å². The van der Waals surface area contributed by atoms with Crippen LogP contribution in [0.15, 0.2) is 0 Å². The molecule has 3 nitrogen and oxygen atoms in total. The summed E-state index contributed by atoms with van der Waals surface area (Å²) in [6.07, 6.45) is 12.1. The lowest BCUT2D eigenvalue weighted by atomic mass is 9.71. The molecule has 0 aromatic rings. The monoisotopic (exact) mass is 255 g/mol. The quantitative estimate of drug-likeness (QED) is 0.766. The van der Waals surface area contributed by atoms with Crippen molar-refractivity contribution in [2.75, 3.05) is 20.3 Å². The number of ether oxygens (including phenoxy) is 1. The second-order valence-corrected chi connectivity index (χ2v) is 6.31. The first kappa shape index (κ1) is 14.3. The number of hydrogen-bond donors (Lipinski definition) is 2.